The van der Waals surface area contributed by atoms with E-state index < -0.39 is 0 Å². The molecule has 7 nitrogen and oxygen atoms in total. The molecule has 0 saturated carbocycles. The van der Waals surface area contributed by atoms with E-state index in [0.29, 0.717) is 53.4 Å². The monoisotopic (exact) mass is 709 g/mol. The summed E-state index contributed by atoms with van der Waals surface area (Å²) >= 11 is 6.59. The molecule has 10 heteroatoms. The summed E-state index contributed by atoms with van der Waals surface area (Å²) in [5, 5.41) is 0.392. The van der Waals surface area contributed by atoms with Crippen molar-refractivity contribution >= 4 is 23.6 Å². The van der Waals surface area contributed by atoms with E-state index >= 15 is 0 Å². The molecule has 6 rings (SSSR count). The topological polar surface area (TPSA) is 64.1 Å². The van der Waals surface area contributed by atoms with Crippen LogP contribution in [-0.2, 0) is 24.4 Å². The fraction of sp³-hybridized carbons (Fsp3) is 0.220. The van der Waals surface area contributed by atoms with Gasteiger partial charge in [-0.25, -0.2) is 13.8 Å². The van der Waals surface area contributed by atoms with E-state index in [1.165, 1.54) is 35.5 Å². The van der Waals surface area contributed by atoms with Crippen LogP contribution < -0.4 is 14.2 Å². The van der Waals surface area contributed by atoms with Crippen LogP contribution in [0, 0.1) is 18.6 Å². The van der Waals surface area contributed by atoms with E-state index in [-0.39, 0.29) is 24.1 Å². The van der Waals surface area contributed by atoms with Crippen molar-refractivity contribution in [3.8, 4) is 23.1 Å². The summed E-state index contributed by atoms with van der Waals surface area (Å²) in [4.78, 5) is 21.5. The zero-order valence-corrected chi connectivity index (χ0v) is 29.0. The lowest BCUT2D eigenvalue weighted by molar-refractivity contribution is -0.127. The van der Waals surface area contributed by atoms with Gasteiger partial charge in [-0.1, -0.05) is 54.1 Å². The summed E-state index contributed by atoms with van der Waals surface area (Å²) in [6.45, 7) is 6.18. The molecule has 0 unspecified atom stereocenters. The van der Waals surface area contributed by atoms with Crippen molar-refractivity contribution < 1.29 is 27.8 Å². The van der Waals surface area contributed by atoms with Gasteiger partial charge in [-0.15, -0.1) is 0 Å². The average molecular weight is 710 g/mol. The lowest BCUT2D eigenvalue weighted by atomic mass is 10.1. The number of aromatic nitrogens is 1. The minimum Gasteiger partial charge on any atom is -0.493 e. The number of amides is 1. The molecule has 4 aromatic carbocycles. The first kappa shape index (κ1) is 35.6. The zero-order chi connectivity index (χ0) is 35.6. The molecule has 5 aromatic rings. The first-order valence-electron chi connectivity index (χ1n) is 16.7. The Balaban J connectivity index is 0.935. The number of aryl methyl sites for hydroxylation is 1. The van der Waals surface area contributed by atoms with E-state index in [1.54, 1.807) is 60.7 Å². The first-order valence-corrected chi connectivity index (χ1v) is 17.1. The Morgan fingerprint density at radius 2 is 1.59 bits per heavy atom. The fourth-order valence-electron chi connectivity index (χ4n) is 5.66. The van der Waals surface area contributed by atoms with E-state index in [9.17, 15) is 13.6 Å². The van der Waals surface area contributed by atoms with Crippen LogP contribution in [0.25, 0.3) is 6.08 Å². The van der Waals surface area contributed by atoms with Crippen LogP contribution in [0.4, 0.5) is 8.78 Å². The van der Waals surface area contributed by atoms with Gasteiger partial charge in [0.2, 0.25) is 11.8 Å². The van der Waals surface area contributed by atoms with E-state index in [4.69, 9.17) is 25.8 Å². The smallest absolute Gasteiger partial charge is 0.246 e. The van der Waals surface area contributed by atoms with Crippen molar-refractivity contribution in [3.63, 3.8) is 0 Å². The molecule has 0 spiro atoms. The number of ether oxygens (including phenoxy) is 3. The molecule has 1 saturated heterocycles. The third kappa shape index (κ3) is 10.2. The fourth-order valence-corrected chi connectivity index (χ4v) is 5.98. The molecule has 0 N–H and O–H groups in total. The van der Waals surface area contributed by atoms with Gasteiger partial charge in [0.05, 0.1) is 17.8 Å². The van der Waals surface area contributed by atoms with Gasteiger partial charge in [-0.2, -0.15) is 0 Å². The van der Waals surface area contributed by atoms with Crippen molar-refractivity contribution in [2.24, 2.45) is 0 Å². The van der Waals surface area contributed by atoms with Gasteiger partial charge >= 0.3 is 0 Å². The van der Waals surface area contributed by atoms with Crippen LogP contribution in [0.5, 0.6) is 23.1 Å². The number of carbonyl (C=O) groups excluding carboxylic acids is 1. The molecule has 51 heavy (non-hydrogen) atoms. The Labute approximate surface area is 301 Å². The van der Waals surface area contributed by atoms with Crippen LogP contribution in [0.15, 0.2) is 109 Å². The summed E-state index contributed by atoms with van der Waals surface area (Å²) in [6.07, 6.45) is 5.63. The molecule has 1 amide bonds. The van der Waals surface area contributed by atoms with Crippen molar-refractivity contribution in [1.82, 2.24) is 14.8 Å². The number of nitrogens with zero attached hydrogens (tertiary/aromatic N) is 3. The molecule has 1 aromatic heterocycles. The number of benzene rings is 4. The normalized spacial score (nSPS) is 13.4. The Morgan fingerprint density at radius 1 is 0.863 bits per heavy atom. The maximum absolute atomic E-state index is 13.9. The Morgan fingerprint density at radius 3 is 2.29 bits per heavy atom. The molecule has 0 atom stereocenters. The zero-order valence-electron chi connectivity index (χ0n) is 28.2. The van der Waals surface area contributed by atoms with Crippen LogP contribution in [0.2, 0.25) is 5.02 Å². The second-order valence-corrected chi connectivity index (χ2v) is 12.7. The van der Waals surface area contributed by atoms with Crippen LogP contribution in [-0.4, -0.2) is 53.5 Å². The Kier molecular flexibility index (Phi) is 11.9. The molecular formula is C41H38ClF2N3O4. The van der Waals surface area contributed by atoms with Crippen molar-refractivity contribution in [2.45, 2.75) is 26.5 Å². The highest BCUT2D eigenvalue weighted by atomic mass is 35.5. The first-order chi connectivity index (χ1) is 24.8. The number of carbonyl (C=O) groups is 1. The van der Waals surface area contributed by atoms with Crippen LogP contribution in [0.3, 0.4) is 0 Å². The van der Waals surface area contributed by atoms with Gasteiger partial charge < -0.3 is 19.1 Å². The van der Waals surface area contributed by atoms with Crippen LogP contribution >= 0.6 is 11.6 Å². The van der Waals surface area contributed by atoms with E-state index in [1.807, 2.05) is 17.9 Å². The lowest BCUT2D eigenvalue weighted by Crippen LogP contribution is -2.47. The Hall–Kier alpha value is -5.25. The van der Waals surface area contributed by atoms with E-state index in [2.05, 4.69) is 34.1 Å². The van der Waals surface area contributed by atoms with Crippen molar-refractivity contribution in [1.29, 1.82) is 0 Å². The summed E-state index contributed by atoms with van der Waals surface area (Å²) in [7, 11) is 0. The predicted octanol–water partition coefficient (Wildman–Crippen LogP) is 8.67. The summed E-state index contributed by atoms with van der Waals surface area (Å²) in [5.41, 5.74) is 4.42. The molecule has 2 heterocycles. The quantitative estimate of drug-likeness (QED) is 0.114. The highest BCUT2D eigenvalue weighted by molar-refractivity contribution is 6.32. The second-order valence-electron chi connectivity index (χ2n) is 12.3. The van der Waals surface area contributed by atoms with Gasteiger partial charge in [0.25, 0.3) is 0 Å². The Bertz CT molecular complexity index is 1920. The maximum Gasteiger partial charge on any atom is 0.246 e. The number of rotatable bonds is 13. The third-order valence-electron chi connectivity index (χ3n) is 8.52. The number of halogens is 3. The number of piperazine rings is 1. The van der Waals surface area contributed by atoms with Crippen LogP contribution in [0.1, 0.15) is 27.8 Å². The summed E-state index contributed by atoms with van der Waals surface area (Å²) in [5.74, 6) is 1.29. The number of hydrogen-bond acceptors (Lipinski definition) is 6. The molecule has 1 aliphatic rings. The summed E-state index contributed by atoms with van der Waals surface area (Å²) < 4.78 is 44.2. The number of hydrogen-bond donors (Lipinski definition) is 0. The highest BCUT2D eigenvalue weighted by Crippen LogP contribution is 2.34. The van der Waals surface area contributed by atoms with Crippen molar-refractivity contribution in [3.05, 3.63) is 154 Å². The molecule has 0 radical (unpaired) electrons. The second kappa shape index (κ2) is 17.1. The van der Waals surface area contributed by atoms with Gasteiger partial charge in [-0.3, -0.25) is 9.69 Å². The third-order valence-corrected chi connectivity index (χ3v) is 8.80. The van der Waals surface area contributed by atoms with Crippen molar-refractivity contribution in [2.75, 3.05) is 32.8 Å². The largest absolute Gasteiger partial charge is 0.493 e. The molecule has 0 bridgehead atoms. The molecular weight excluding hydrogens is 672 g/mol. The number of pyridine rings is 1. The predicted molar refractivity (Wildman–Crippen MR) is 194 cm³/mol. The van der Waals surface area contributed by atoms with Gasteiger partial charge in [-0.05, 0) is 83.8 Å². The molecule has 1 aliphatic heterocycles. The minimum absolute atomic E-state index is 0.0440. The summed E-state index contributed by atoms with van der Waals surface area (Å²) in [6, 6.07) is 28.0. The average Bonchev–Trinajstić information content (AvgIpc) is 3.14. The SMILES string of the molecule is Cc1cc(C=CC(=O)N2CCN(Cc3ccc(CCOc4ccc(F)cc4)cc3)CC2)cc(Cl)c1Oc1ccc(OCc2ccccc2F)cn1. The molecule has 1 fully saturated rings. The van der Waals surface area contributed by atoms with Gasteiger partial charge in [0, 0.05) is 56.9 Å². The highest BCUT2D eigenvalue weighted by Gasteiger charge is 2.20. The van der Waals surface area contributed by atoms with E-state index in [0.717, 1.165) is 37.2 Å². The molecule has 0 aliphatic carbocycles. The maximum atomic E-state index is 13.9. The minimum atomic E-state index is -0.323. The molecule has 262 valence electrons. The standard InChI is InChI=1S/C41H38ClF2N3O4/c1-29-24-32(25-37(42)41(29)51-39-16-15-36(26-45-39)50-28-33-4-2-3-5-38(33)44)10-17-40(48)47-21-19-46(20-22-47)27-31-8-6-30(7-9-31)18-23-49-35-13-11-34(43)12-14-35/h2-17,24-26H,18-23,27-28H2,1H3. The van der Waals surface area contributed by atoms with Gasteiger partial charge in [0.1, 0.15) is 29.7 Å². The lowest BCUT2D eigenvalue weighted by Gasteiger charge is -2.34. The van der Waals surface area contributed by atoms with Gasteiger partial charge in [0.15, 0.2) is 5.75 Å².